The molecule has 0 amide bonds. The van der Waals surface area contributed by atoms with Gasteiger partial charge in [0, 0.05) is 10.6 Å². The highest BCUT2D eigenvalue weighted by Crippen LogP contribution is 2.28. The van der Waals surface area contributed by atoms with Crippen LogP contribution >= 0.6 is 11.6 Å². The Balaban J connectivity index is 1.86. The molecule has 0 nitrogen and oxygen atoms in total. The van der Waals surface area contributed by atoms with Gasteiger partial charge in [0.15, 0.2) is 0 Å². The molecule has 0 saturated carbocycles. The van der Waals surface area contributed by atoms with Gasteiger partial charge in [0.25, 0.3) is 0 Å². The molecule has 122 valence electrons. The summed E-state index contributed by atoms with van der Waals surface area (Å²) in [4.78, 5) is 0. The van der Waals surface area contributed by atoms with Crippen LogP contribution in [0.25, 0.3) is 11.1 Å². The maximum Gasteiger partial charge on any atom is 0.134 e. The zero-order valence-electron chi connectivity index (χ0n) is 13.7. The summed E-state index contributed by atoms with van der Waals surface area (Å²) in [6, 6.07) is 21.6. The number of halogens is 2. The van der Waals surface area contributed by atoms with Crippen LogP contribution in [0.5, 0.6) is 0 Å². The lowest BCUT2D eigenvalue weighted by molar-refractivity contribution is 0.611. The second kappa shape index (κ2) is 7.63. The number of hydrogen-bond acceptors (Lipinski definition) is 0. The van der Waals surface area contributed by atoms with Gasteiger partial charge in [0.1, 0.15) is 5.82 Å². The molecule has 3 rings (SSSR count). The molecule has 0 heterocycles. The van der Waals surface area contributed by atoms with Crippen LogP contribution in [-0.2, 0) is 19.3 Å². The first-order valence-corrected chi connectivity index (χ1v) is 8.67. The fourth-order valence-electron chi connectivity index (χ4n) is 3.05. The topological polar surface area (TPSA) is 0 Å². The number of benzene rings is 3. The van der Waals surface area contributed by atoms with Gasteiger partial charge in [-0.2, -0.15) is 0 Å². The van der Waals surface area contributed by atoms with E-state index in [1.165, 1.54) is 5.56 Å². The molecule has 0 N–H and O–H groups in total. The van der Waals surface area contributed by atoms with Crippen molar-refractivity contribution in [3.8, 4) is 11.1 Å². The van der Waals surface area contributed by atoms with Crippen molar-refractivity contribution in [3.05, 3.63) is 94.3 Å². The van der Waals surface area contributed by atoms with E-state index in [0.717, 1.165) is 34.6 Å². The van der Waals surface area contributed by atoms with Gasteiger partial charge >= 0.3 is 0 Å². The normalized spacial score (nSPS) is 10.8. The van der Waals surface area contributed by atoms with Crippen molar-refractivity contribution in [2.24, 2.45) is 0 Å². The second-order valence-corrected chi connectivity index (χ2v) is 6.35. The molecular formula is C22H20ClF. The van der Waals surface area contributed by atoms with E-state index in [-0.39, 0.29) is 5.82 Å². The Kier molecular flexibility index (Phi) is 5.32. The van der Waals surface area contributed by atoms with Crippen LogP contribution in [0.15, 0.2) is 66.7 Å². The van der Waals surface area contributed by atoms with Gasteiger partial charge in [-0.1, -0.05) is 73.1 Å². The van der Waals surface area contributed by atoms with Crippen LogP contribution < -0.4 is 0 Å². The molecule has 0 aliphatic carbocycles. The highest BCUT2D eigenvalue weighted by Gasteiger charge is 2.13. The third-order valence-corrected chi connectivity index (χ3v) is 4.63. The Morgan fingerprint density at radius 2 is 1.54 bits per heavy atom. The van der Waals surface area contributed by atoms with Gasteiger partial charge < -0.3 is 0 Å². The van der Waals surface area contributed by atoms with Crippen LogP contribution in [0.2, 0.25) is 5.02 Å². The Morgan fingerprint density at radius 1 is 0.833 bits per heavy atom. The smallest absolute Gasteiger partial charge is 0.134 e. The first-order valence-electron chi connectivity index (χ1n) is 8.29. The molecule has 3 aromatic carbocycles. The maximum atomic E-state index is 15.0. The zero-order chi connectivity index (χ0) is 16.9. The van der Waals surface area contributed by atoms with E-state index in [9.17, 15) is 4.39 Å². The SMILES string of the molecule is CCc1c(CCc2ccc(Cl)cc2)ccc(-c2ccccc2)c1F. The predicted molar refractivity (Wildman–Crippen MR) is 100 cm³/mol. The quantitative estimate of drug-likeness (QED) is 0.498. The van der Waals surface area contributed by atoms with Crippen molar-refractivity contribution in [2.75, 3.05) is 0 Å². The average Bonchev–Trinajstić information content (AvgIpc) is 2.62. The number of aryl methyl sites for hydroxylation is 2. The van der Waals surface area contributed by atoms with Gasteiger partial charge in [0.05, 0.1) is 0 Å². The summed E-state index contributed by atoms with van der Waals surface area (Å²) < 4.78 is 15.0. The van der Waals surface area contributed by atoms with Crippen molar-refractivity contribution >= 4 is 11.6 Å². The standard InChI is InChI=1S/C22H20ClF/c1-2-20-18(11-8-16-9-13-19(23)14-10-16)12-15-21(22(20)24)17-6-4-3-5-7-17/h3-7,9-10,12-15H,2,8,11H2,1H3. The Morgan fingerprint density at radius 3 is 2.21 bits per heavy atom. The van der Waals surface area contributed by atoms with Crippen molar-refractivity contribution < 1.29 is 4.39 Å². The first-order chi connectivity index (χ1) is 11.7. The molecule has 0 atom stereocenters. The largest absolute Gasteiger partial charge is 0.206 e. The van der Waals surface area contributed by atoms with E-state index in [1.54, 1.807) is 0 Å². The van der Waals surface area contributed by atoms with Crippen molar-refractivity contribution in [1.82, 2.24) is 0 Å². The Hall–Kier alpha value is -2.12. The van der Waals surface area contributed by atoms with Gasteiger partial charge in [-0.3, -0.25) is 0 Å². The third kappa shape index (κ3) is 3.68. The summed E-state index contributed by atoms with van der Waals surface area (Å²) in [5.41, 5.74) is 4.74. The fraction of sp³-hybridized carbons (Fsp3) is 0.182. The fourth-order valence-corrected chi connectivity index (χ4v) is 3.17. The molecule has 0 aliphatic heterocycles. The number of hydrogen-bond donors (Lipinski definition) is 0. The average molecular weight is 339 g/mol. The molecule has 0 saturated heterocycles. The van der Waals surface area contributed by atoms with E-state index in [0.29, 0.717) is 12.0 Å². The summed E-state index contributed by atoms with van der Waals surface area (Å²) >= 11 is 5.92. The van der Waals surface area contributed by atoms with E-state index in [1.807, 2.05) is 67.6 Å². The minimum absolute atomic E-state index is 0.0858. The second-order valence-electron chi connectivity index (χ2n) is 5.91. The molecule has 2 heteroatoms. The summed E-state index contributed by atoms with van der Waals surface area (Å²) in [5, 5.41) is 0.742. The lowest BCUT2D eigenvalue weighted by Crippen LogP contribution is -2.01. The van der Waals surface area contributed by atoms with Crippen molar-refractivity contribution in [3.63, 3.8) is 0 Å². The van der Waals surface area contributed by atoms with Crippen LogP contribution in [0, 0.1) is 5.82 Å². The van der Waals surface area contributed by atoms with E-state index in [4.69, 9.17) is 11.6 Å². The minimum atomic E-state index is -0.0858. The highest BCUT2D eigenvalue weighted by atomic mass is 35.5. The van der Waals surface area contributed by atoms with Crippen molar-refractivity contribution in [1.29, 1.82) is 0 Å². The van der Waals surface area contributed by atoms with E-state index < -0.39 is 0 Å². The van der Waals surface area contributed by atoms with Gasteiger partial charge in [0.2, 0.25) is 0 Å². The highest BCUT2D eigenvalue weighted by molar-refractivity contribution is 6.30. The summed E-state index contributed by atoms with van der Waals surface area (Å²) in [6.07, 6.45) is 2.41. The summed E-state index contributed by atoms with van der Waals surface area (Å²) in [7, 11) is 0. The molecule has 0 radical (unpaired) electrons. The lowest BCUT2D eigenvalue weighted by Gasteiger charge is -2.13. The summed E-state index contributed by atoms with van der Waals surface area (Å²) in [6.45, 7) is 2.01. The Labute approximate surface area is 147 Å². The van der Waals surface area contributed by atoms with Gasteiger partial charge in [-0.05, 0) is 53.6 Å². The van der Waals surface area contributed by atoms with Crippen LogP contribution in [0.4, 0.5) is 4.39 Å². The predicted octanol–water partition coefficient (Wildman–Crippen LogP) is 6.49. The van der Waals surface area contributed by atoms with E-state index in [2.05, 4.69) is 6.07 Å². The number of rotatable bonds is 5. The van der Waals surface area contributed by atoms with Crippen LogP contribution in [0.1, 0.15) is 23.6 Å². The molecule has 0 spiro atoms. The molecule has 0 fully saturated rings. The molecule has 0 unspecified atom stereocenters. The molecule has 0 aromatic heterocycles. The summed E-state index contributed by atoms with van der Waals surface area (Å²) in [5.74, 6) is -0.0858. The van der Waals surface area contributed by atoms with Gasteiger partial charge in [-0.15, -0.1) is 0 Å². The molecule has 24 heavy (non-hydrogen) atoms. The monoisotopic (exact) mass is 338 g/mol. The minimum Gasteiger partial charge on any atom is -0.206 e. The molecule has 0 aliphatic rings. The van der Waals surface area contributed by atoms with Crippen molar-refractivity contribution in [2.45, 2.75) is 26.2 Å². The van der Waals surface area contributed by atoms with Crippen LogP contribution in [0.3, 0.4) is 0 Å². The van der Waals surface area contributed by atoms with E-state index >= 15 is 0 Å². The molecule has 3 aromatic rings. The third-order valence-electron chi connectivity index (χ3n) is 4.37. The zero-order valence-corrected chi connectivity index (χ0v) is 14.5. The maximum absolute atomic E-state index is 15.0. The van der Waals surface area contributed by atoms with Gasteiger partial charge in [-0.25, -0.2) is 4.39 Å². The molecular weight excluding hydrogens is 319 g/mol. The Bertz CT molecular complexity index is 807. The lowest BCUT2D eigenvalue weighted by atomic mass is 9.93. The molecule has 0 bridgehead atoms. The first kappa shape index (κ1) is 16.7. The van der Waals surface area contributed by atoms with Crippen LogP contribution in [-0.4, -0.2) is 0 Å².